The van der Waals surface area contributed by atoms with Gasteiger partial charge >= 0.3 is 0 Å². The molecule has 0 unspecified atom stereocenters. The summed E-state index contributed by atoms with van der Waals surface area (Å²) in [4.78, 5) is 21.8. The van der Waals surface area contributed by atoms with E-state index < -0.39 is 0 Å². The van der Waals surface area contributed by atoms with Crippen molar-refractivity contribution in [3.63, 3.8) is 0 Å². The lowest BCUT2D eigenvalue weighted by molar-refractivity contribution is -0.119. The molecule has 5 nitrogen and oxygen atoms in total. The first kappa shape index (κ1) is 14.5. The van der Waals surface area contributed by atoms with Crippen LogP contribution in [-0.2, 0) is 11.2 Å². The molecule has 25 heavy (non-hydrogen) atoms. The van der Waals surface area contributed by atoms with Gasteiger partial charge in [0.2, 0.25) is 5.91 Å². The van der Waals surface area contributed by atoms with E-state index in [-0.39, 0.29) is 11.9 Å². The number of rotatable bonds is 2. The van der Waals surface area contributed by atoms with E-state index in [2.05, 4.69) is 11.1 Å². The van der Waals surface area contributed by atoms with Gasteiger partial charge in [-0.25, -0.2) is 0 Å². The second kappa shape index (κ2) is 5.62. The van der Waals surface area contributed by atoms with Crippen LogP contribution in [0.1, 0.15) is 18.4 Å². The van der Waals surface area contributed by atoms with Gasteiger partial charge in [-0.15, -0.1) is 0 Å². The number of carbonyl (C=O) groups excluding carboxylic acids is 1. The number of nitrogens with zero attached hydrogens (tertiary/aromatic N) is 3. The molecule has 5 heteroatoms. The standard InChI is InChI=1S/C20H19N3O2/c24-19(22-13-11-14-6-1-3-8-16(14)22)17-9-5-12-23(17)20-21-15-7-2-4-10-18(15)25-20/h1-4,6-8,10,17H,5,9,11-13H2/t17-/m0/s1. The number of amides is 1. The molecule has 1 saturated heterocycles. The average molecular weight is 333 g/mol. The Labute approximate surface area is 145 Å². The molecule has 1 aromatic heterocycles. The molecule has 0 spiro atoms. The van der Waals surface area contributed by atoms with E-state index in [4.69, 9.17) is 4.42 Å². The summed E-state index contributed by atoms with van der Waals surface area (Å²) in [5.74, 6) is 0.157. The van der Waals surface area contributed by atoms with E-state index in [0.717, 1.165) is 49.1 Å². The highest BCUT2D eigenvalue weighted by molar-refractivity contribution is 6.00. The molecule has 3 heterocycles. The Morgan fingerprint density at radius 3 is 2.84 bits per heavy atom. The zero-order valence-corrected chi connectivity index (χ0v) is 13.9. The van der Waals surface area contributed by atoms with Crippen molar-refractivity contribution < 1.29 is 9.21 Å². The molecule has 1 fully saturated rings. The smallest absolute Gasteiger partial charge is 0.299 e. The van der Waals surface area contributed by atoms with E-state index in [1.54, 1.807) is 0 Å². The summed E-state index contributed by atoms with van der Waals surface area (Å²) in [5, 5.41) is 0. The van der Waals surface area contributed by atoms with Crippen molar-refractivity contribution in [2.24, 2.45) is 0 Å². The molecule has 2 aromatic carbocycles. The van der Waals surface area contributed by atoms with Crippen molar-refractivity contribution in [1.29, 1.82) is 0 Å². The third-order valence-electron chi connectivity index (χ3n) is 5.22. The Bertz CT molecular complexity index is 916. The van der Waals surface area contributed by atoms with Gasteiger partial charge in [-0.2, -0.15) is 4.98 Å². The summed E-state index contributed by atoms with van der Waals surface area (Å²) in [5.41, 5.74) is 3.91. The Balaban J connectivity index is 1.46. The minimum absolute atomic E-state index is 0.157. The summed E-state index contributed by atoms with van der Waals surface area (Å²) in [6.45, 7) is 1.56. The van der Waals surface area contributed by atoms with Crippen LogP contribution >= 0.6 is 0 Å². The molecule has 5 rings (SSSR count). The molecule has 0 bridgehead atoms. The van der Waals surface area contributed by atoms with Crippen LogP contribution in [0.5, 0.6) is 0 Å². The molecule has 2 aliphatic heterocycles. The molecule has 1 amide bonds. The first-order chi connectivity index (χ1) is 12.3. The topological polar surface area (TPSA) is 49.6 Å². The first-order valence-electron chi connectivity index (χ1n) is 8.83. The van der Waals surface area contributed by atoms with Crippen molar-refractivity contribution in [3.8, 4) is 0 Å². The number of aromatic nitrogens is 1. The Morgan fingerprint density at radius 2 is 1.92 bits per heavy atom. The van der Waals surface area contributed by atoms with Crippen LogP contribution in [0.2, 0.25) is 0 Å². The van der Waals surface area contributed by atoms with Crippen molar-refractivity contribution in [2.45, 2.75) is 25.3 Å². The third-order valence-corrected chi connectivity index (χ3v) is 5.22. The predicted octanol–water partition coefficient (Wildman–Crippen LogP) is 3.39. The van der Waals surface area contributed by atoms with Crippen molar-refractivity contribution in [3.05, 3.63) is 54.1 Å². The van der Waals surface area contributed by atoms with Crippen molar-refractivity contribution in [1.82, 2.24) is 4.98 Å². The fourth-order valence-electron chi connectivity index (χ4n) is 3.98. The molecule has 126 valence electrons. The number of oxazole rings is 1. The van der Waals surface area contributed by atoms with Crippen LogP contribution in [0.4, 0.5) is 11.7 Å². The van der Waals surface area contributed by atoms with Crippen LogP contribution in [-0.4, -0.2) is 30.0 Å². The van der Waals surface area contributed by atoms with Gasteiger partial charge in [-0.3, -0.25) is 4.79 Å². The SMILES string of the molecule is O=C([C@@H]1CCCN1c1nc2ccccc2o1)N1CCc2ccccc21. The highest BCUT2D eigenvalue weighted by atomic mass is 16.4. The van der Waals surface area contributed by atoms with Crippen LogP contribution in [0.3, 0.4) is 0 Å². The van der Waals surface area contributed by atoms with Gasteiger partial charge in [-0.05, 0) is 43.0 Å². The molecular weight excluding hydrogens is 314 g/mol. The first-order valence-corrected chi connectivity index (χ1v) is 8.83. The Morgan fingerprint density at radius 1 is 1.08 bits per heavy atom. The number of benzene rings is 2. The van der Waals surface area contributed by atoms with Crippen LogP contribution in [0.25, 0.3) is 11.1 Å². The minimum Gasteiger partial charge on any atom is -0.423 e. The number of carbonyl (C=O) groups is 1. The summed E-state index contributed by atoms with van der Waals surface area (Å²) in [6.07, 6.45) is 2.75. The van der Waals surface area contributed by atoms with Crippen molar-refractivity contribution >= 4 is 28.7 Å². The van der Waals surface area contributed by atoms with Gasteiger partial charge in [0.1, 0.15) is 11.6 Å². The number of anilines is 2. The zero-order chi connectivity index (χ0) is 16.8. The molecule has 0 aliphatic carbocycles. The maximum Gasteiger partial charge on any atom is 0.299 e. The second-order valence-electron chi connectivity index (χ2n) is 6.68. The third kappa shape index (κ3) is 2.30. The molecule has 0 radical (unpaired) electrons. The number of hydrogen-bond acceptors (Lipinski definition) is 4. The average Bonchev–Trinajstić information content (AvgIpc) is 3.37. The van der Waals surface area contributed by atoms with E-state index in [9.17, 15) is 4.79 Å². The maximum absolute atomic E-state index is 13.2. The summed E-state index contributed by atoms with van der Waals surface area (Å²) in [7, 11) is 0. The van der Waals surface area contributed by atoms with Crippen LogP contribution < -0.4 is 9.80 Å². The monoisotopic (exact) mass is 333 g/mol. The fourth-order valence-corrected chi connectivity index (χ4v) is 3.98. The van der Waals surface area contributed by atoms with E-state index in [1.807, 2.05) is 52.3 Å². The van der Waals surface area contributed by atoms with Crippen molar-refractivity contribution in [2.75, 3.05) is 22.9 Å². The fraction of sp³-hybridized carbons (Fsp3) is 0.300. The Kier molecular flexibility index (Phi) is 3.26. The maximum atomic E-state index is 13.2. The lowest BCUT2D eigenvalue weighted by Gasteiger charge is -2.27. The van der Waals surface area contributed by atoms with Gasteiger partial charge in [-0.1, -0.05) is 30.3 Å². The summed E-state index contributed by atoms with van der Waals surface area (Å²) in [6, 6.07) is 16.3. The quantitative estimate of drug-likeness (QED) is 0.721. The highest BCUT2D eigenvalue weighted by Crippen LogP contribution is 2.33. The van der Waals surface area contributed by atoms with Gasteiger partial charge in [0.25, 0.3) is 6.01 Å². The minimum atomic E-state index is -0.195. The number of para-hydroxylation sites is 3. The summed E-state index contributed by atoms with van der Waals surface area (Å²) < 4.78 is 5.91. The lowest BCUT2D eigenvalue weighted by atomic mass is 10.1. The molecular formula is C20H19N3O2. The predicted molar refractivity (Wildman–Crippen MR) is 96.9 cm³/mol. The normalized spacial score (nSPS) is 19.6. The molecule has 0 N–H and O–H groups in total. The second-order valence-corrected chi connectivity index (χ2v) is 6.68. The molecule has 1 atom stereocenters. The lowest BCUT2D eigenvalue weighted by Crippen LogP contribution is -2.45. The largest absolute Gasteiger partial charge is 0.423 e. The van der Waals surface area contributed by atoms with Gasteiger partial charge in [0, 0.05) is 18.8 Å². The van der Waals surface area contributed by atoms with Gasteiger partial charge < -0.3 is 14.2 Å². The van der Waals surface area contributed by atoms with E-state index in [1.165, 1.54) is 5.56 Å². The van der Waals surface area contributed by atoms with Gasteiger partial charge in [0.15, 0.2) is 5.58 Å². The van der Waals surface area contributed by atoms with Gasteiger partial charge in [0.05, 0.1) is 0 Å². The van der Waals surface area contributed by atoms with E-state index >= 15 is 0 Å². The number of fused-ring (bicyclic) bond motifs is 2. The molecule has 2 aliphatic rings. The summed E-state index contributed by atoms with van der Waals surface area (Å²) >= 11 is 0. The zero-order valence-electron chi connectivity index (χ0n) is 13.9. The molecule has 0 saturated carbocycles. The van der Waals surface area contributed by atoms with E-state index in [0.29, 0.717) is 6.01 Å². The van der Waals surface area contributed by atoms with Crippen LogP contribution in [0.15, 0.2) is 52.9 Å². The van der Waals surface area contributed by atoms with Crippen LogP contribution in [0, 0.1) is 0 Å². The Hall–Kier alpha value is -2.82. The molecule has 3 aromatic rings. The number of hydrogen-bond donors (Lipinski definition) is 0. The highest BCUT2D eigenvalue weighted by Gasteiger charge is 2.38.